The Labute approximate surface area is 184 Å². The molecule has 0 saturated heterocycles. The van der Waals surface area contributed by atoms with Crippen LogP contribution < -0.4 is 9.62 Å². The molecule has 0 atom stereocenters. The Morgan fingerprint density at radius 1 is 1.03 bits per heavy atom. The summed E-state index contributed by atoms with van der Waals surface area (Å²) in [7, 11) is -1.50. The summed E-state index contributed by atoms with van der Waals surface area (Å²) in [5, 5.41) is 2.80. The predicted molar refractivity (Wildman–Crippen MR) is 116 cm³/mol. The summed E-state index contributed by atoms with van der Waals surface area (Å²) in [6.07, 6.45) is 0.950. The van der Waals surface area contributed by atoms with E-state index in [9.17, 15) is 22.8 Å². The van der Waals surface area contributed by atoms with Crippen molar-refractivity contribution in [3.05, 3.63) is 58.1 Å². The number of carbonyl (C=O) groups excluding carboxylic acids is 3. The van der Waals surface area contributed by atoms with Gasteiger partial charge in [-0.05, 0) is 42.8 Å². The second-order valence-corrected chi connectivity index (χ2v) is 8.81. The normalized spacial score (nSPS) is 10.9. The van der Waals surface area contributed by atoms with Crippen LogP contribution in [0, 0.1) is 6.92 Å². The van der Waals surface area contributed by atoms with Crippen LogP contribution in [0.4, 0.5) is 11.4 Å². The van der Waals surface area contributed by atoms with E-state index in [4.69, 9.17) is 11.6 Å². The molecular weight excluding hydrogens is 448 g/mol. The quantitative estimate of drug-likeness (QED) is 0.620. The van der Waals surface area contributed by atoms with Crippen LogP contribution in [0.15, 0.2) is 36.4 Å². The van der Waals surface area contributed by atoms with Gasteiger partial charge in [-0.3, -0.25) is 9.10 Å². The number of benzene rings is 2. The fraction of sp³-hybridized carbons (Fsp3) is 0.250. The molecular formula is C20H21ClN2O7S. The number of aryl methyl sites for hydroxylation is 1. The Morgan fingerprint density at radius 2 is 1.68 bits per heavy atom. The first-order chi connectivity index (χ1) is 14.5. The zero-order valence-corrected chi connectivity index (χ0v) is 18.8. The maximum absolute atomic E-state index is 12.7. The van der Waals surface area contributed by atoms with E-state index in [1.807, 2.05) is 0 Å². The molecule has 2 aromatic rings. The van der Waals surface area contributed by atoms with Crippen molar-refractivity contribution in [2.24, 2.45) is 0 Å². The lowest BCUT2D eigenvalue weighted by Gasteiger charge is -2.22. The van der Waals surface area contributed by atoms with Gasteiger partial charge in [-0.2, -0.15) is 0 Å². The highest BCUT2D eigenvalue weighted by Gasteiger charge is 2.23. The minimum Gasteiger partial charge on any atom is -0.465 e. The zero-order chi connectivity index (χ0) is 23.3. The molecule has 11 heteroatoms. The molecule has 0 bridgehead atoms. The van der Waals surface area contributed by atoms with Crippen molar-refractivity contribution in [1.82, 2.24) is 0 Å². The monoisotopic (exact) mass is 468 g/mol. The van der Waals surface area contributed by atoms with E-state index in [2.05, 4.69) is 14.8 Å². The molecule has 0 heterocycles. The molecule has 0 spiro atoms. The third-order valence-corrected chi connectivity index (χ3v) is 5.80. The van der Waals surface area contributed by atoms with Crippen LogP contribution in [-0.2, 0) is 24.3 Å². The standard InChI is InChI=1S/C20H21ClN2O7S/c1-12-5-7-14(10-16(12)21)23(31(4,27)28)11-18(24)22-17-9-13(19(25)29-2)6-8-15(17)20(26)30-3/h5-10H,11H2,1-4H3,(H,22,24). The zero-order valence-electron chi connectivity index (χ0n) is 17.3. The highest BCUT2D eigenvalue weighted by Crippen LogP contribution is 2.25. The Balaban J connectivity index is 2.38. The third kappa shape index (κ3) is 5.96. The number of sulfonamides is 1. The summed E-state index contributed by atoms with van der Waals surface area (Å²) < 4.78 is 34.8. The lowest BCUT2D eigenvalue weighted by Crippen LogP contribution is -2.37. The van der Waals surface area contributed by atoms with E-state index in [0.717, 1.165) is 23.2 Å². The number of carbonyl (C=O) groups is 3. The van der Waals surface area contributed by atoms with Crippen molar-refractivity contribution < 1.29 is 32.3 Å². The van der Waals surface area contributed by atoms with Crippen LogP contribution in [0.2, 0.25) is 5.02 Å². The lowest BCUT2D eigenvalue weighted by molar-refractivity contribution is -0.114. The first-order valence-electron chi connectivity index (χ1n) is 8.82. The average Bonchev–Trinajstić information content (AvgIpc) is 2.72. The van der Waals surface area contributed by atoms with Crippen molar-refractivity contribution in [3.8, 4) is 0 Å². The molecule has 2 rings (SSSR count). The van der Waals surface area contributed by atoms with Gasteiger partial charge in [0.1, 0.15) is 6.54 Å². The van der Waals surface area contributed by atoms with Crippen LogP contribution in [0.5, 0.6) is 0 Å². The second kappa shape index (κ2) is 9.80. The van der Waals surface area contributed by atoms with E-state index in [0.29, 0.717) is 5.02 Å². The highest BCUT2D eigenvalue weighted by molar-refractivity contribution is 7.92. The molecule has 31 heavy (non-hydrogen) atoms. The fourth-order valence-corrected chi connectivity index (χ4v) is 3.66. The summed E-state index contributed by atoms with van der Waals surface area (Å²) in [6, 6.07) is 8.45. The van der Waals surface area contributed by atoms with Crippen molar-refractivity contribution in [2.45, 2.75) is 6.92 Å². The Morgan fingerprint density at radius 3 is 2.23 bits per heavy atom. The molecule has 0 saturated carbocycles. The Kier molecular flexibility index (Phi) is 7.64. The van der Waals surface area contributed by atoms with Crippen LogP contribution in [0.3, 0.4) is 0 Å². The summed E-state index contributed by atoms with van der Waals surface area (Å²) in [6.45, 7) is 1.16. The molecule has 0 aliphatic carbocycles. The van der Waals surface area contributed by atoms with Gasteiger partial charge in [0.15, 0.2) is 0 Å². The summed E-state index contributed by atoms with van der Waals surface area (Å²) >= 11 is 6.09. The first-order valence-corrected chi connectivity index (χ1v) is 11.0. The first kappa shape index (κ1) is 24.2. The van der Waals surface area contributed by atoms with Gasteiger partial charge in [0, 0.05) is 5.02 Å². The minimum absolute atomic E-state index is 0.0206. The predicted octanol–water partition coefficient (Wildman–Crippen LogP) is 2.63. The lowest BCUT2D eigenvalue weighted by atomic mass is 10.1. The van der Waals surface area contributed by atoms with Gasteiger partial charge in [-0.15, -0.1) is 0 Å². The van der Waals surface area contributed by atoms with E-state index in [1.165, 1.54) is 37.4 Å². The van der Waals surface area contributed by atoms with Crippen molar-refractivity contribution in [1.29, 1.82) is 0 Å². The molecule has 1 amide bonds. The molecule has 9 nitrogen and oxygen atoms in total. The molecule has 0 radical (unpaired) electrons. The molecule has 0 aliphatic rings. The number of hydrogen-bond acceptors (Lipinski definition) is 7. The number of esters is 2. The SMILES string of the molecule is COC(=O)c1ccc(C(=O)OC)c(NC(=O)CN(c2ccc(C)c(Cl)c2)S(C)(=O)=O)c1. The van der Waals surface area contributed by atoms with Crippen LogP contribution in [0.1, 0.15) is 26.3 Å². The fourth-order valence-electron chi connectivity index (χ4n) is 2.64. The Hall–Kier alpha value is -3.11. The smallest absolute Gasteiger partial charge is 0.339 e. The van der Waals surface area contributed by atoms with E-state index < -0.39 is 34.4 Å². The molecule has 166 valence electrons. The topological polar surface area (TPSA) is 119 Å². The molecule has 1 N–H and O–H groups in total. The number of hydrogen-bond donors (Lipinski definition) is 1. The molecule has 0 unspecified atom stereocenters. The third-order valence-electron chi connectivity index (χ3n) is 4.25. The number of amides is 1. The van der Waals surface area contributed by atoms with Gasteiger partial charge >= 0.3 is 11.9 Å². The molecule has 2 aromatic carbocycles. The number of methoxy groups -OCH3 is 2. The van der Waals surface area contributed by atoms with Gasteiger partial charge in [-0.25, -0.2) is 18.0 Å². The maximum Gasteiger partial charge on any atom is 0.339 e. The van der Waals surface area contributed by atoms with Gasteiger partial charge in [0.05, 0.1) is 43.0 Å². The number of anilines is 2. The molecule has 0 aromatic heterocycles. The van der Waals surface area contributed by atoms with Gasteiger partial charge < -0.3 is 14.8 Å². The second-order valence-electron chi connectivity index (χ2n) is 6.49. The highest BCUT2D eigenvalue weighted by atomic mass is 35.5. The number of nitrogens with zero attached hydrogens (tertiary/aromatic N) is 1. The van der Waals surface area contributed by atoms with Crippen molar-refractivity contribution in [3.63, 3.8) is 0 Å². The molecule has 0 aliphatic heterocycles. The van der Waals surface area contributed by atoms with Crippen LogP contribution in [-0.4, -0.2) is 53.3 Å². The summed E-state index contributed by atoms with van der Waals surface area (Å²) in [5.41, 5.74) is 0.967. The summed E-state index contributed by atoms with van der Waals surface area (Å²) in [5.74, 6) is -2.19. The number of halogens is 1. The number of ether oxygens (including phenoxy) is 2. The molecule has 0 fully saturated rings. The van der Waals surface area contributed by atoms with Crippen molar-refractivity contribution >= 4 is 50.8 Å². The average molecular weight is 469 g/mol. The number of rotatable bonds is 7. The van der Waals surface area contributed by atoms with Gasteiger partial charge in [0.2, 0.25) is 15.9 Å². The largest absolute Gasteiger partial charge is 0.465 e. The Bertz CT molecular complexity index is 1130. The van der Waals surface area contributed by atoms with Gasteiger partial charge in [0.25, 0.3) is 0 Å². The van der Waals surface area contributed by atoms with E-state index in [1.54, 1.807) is 13.0 Å². The van der Waals surface area contributed by atoms with Gasteiger partial charge in [-0.1, -0.05) is 17.7 Å². The van der Waals surface area contributed by atoms with Crippen LogP contribution >= 0.6 is 11.6 Å². The number of nitrogens with one attached hydrogen (secondary N) is 1. The van der Waals surface area contributed by atoms with E-state index >= 15 is 0 Å². The van der Waals surface area contributed by atoms with E-state index in [-0.39, 0.29) is 22.5 Å². The maximum atomic E-state index is 12.7. The minimum atomic E-state index is -3.84. The van der Waals surface area contributed by atoms with Crippen molar-refractivity contribution in [2.75, 3.05) is 36.6 Å². The summed E-state index contributed by atoms with van der Waals surface area (Å²) in [4.78, 5) is 36.5. The van der Waals surface area contributed by atoms with Crippen LogP contribution in [0.25, 0.3) is 0 Å².